The van der Waals surface area contributed by atoms with Crippen LogP contribution in [0.2, 0.25) is 0 Å². The van der Waals surface area contributed by atoms with E-state index in [1.54, 1.807) is 20.8 Å². The molecule has 1 aliphatic heterocycles. The summed E-state index contributed by atoms with van der Waals surface area (Å²) in [4.78, 5) is 40.0. The number of nitrogens with zero attached hydrogens (tertiary/aromatic N) is 2. The molecule has 1 aliphatic rings. The molecule has 1 aromatic heterocycles. The van der Waals surface area contributed by atoms with E-state index >= 15 is 0 Å². The summed E-state index contributed by atoms with van der Waals surface area (Å²) in [6.07, 6.45) is 0. The summed E-state index contributed by atoms with van der Waals surface area (Å²) in [6.45, 7) is 5.13. The Bertz CT molecular complexity index is 534. The molecular formula is C12H14N2O4S. The molecule has 6 nitrogen and oxygen atoms in total. The number of thiazole rings is 1. The molecule has 0 aliphatic carbocycles. The molecule has 3 atom stereocenters. The Hall–Kier alpha value is -1.76. The van der Waals surface area contributed by atoms with E-state index in [0.717, 1.165) is 11.3 Å². The van der Waals surface area contributed by atoms with Crippen molar-refractivity contribution in [1.82, 2.24) is 9.88 Å². The average molecular weight is 282 g/mol. The summed E-state index contributed by atoms with van der Waals surface area (Å²) in [7, 11) is 0. The standard InChI is InChI=1S/C12H14N2O4S/c1-5-6(2)11(16)14(10(5)15)7(3)9-13-8(4-19-9)12(17)18/h4-7H,1-3H3,(H,17,18). The van der Waals surface area contributed by atoms with E-state index in [2.05, 4.69) is 4.98 Å². The van der Waals surface area contributed by atoms with E-state index in [0.29, 0.717) is 5.01 Å². The lowest BCUT2D eigenvalue weighted by molar-refractivity contribution is -0.142. The van der Waals surface area contributed by atoms with Gasteiger partial charge in [0, 0.05) is 17.2 Å². The van der Waals surface area contributed by atoms with E-state index in [9.17, 15) is 14.4 Å². The molecule has 0 spiro atoms. The van der Waals surface area contributed by atoms with Crippen LogP contribution >= 0.6 is 11.3 Å². The van der Waals surface area contributed by atoms with Crippen LogP contribution in [0, 0.1) is 11.8 Å². The Morgan fingerprint density at radius 3 is 2.32 bits per heavy atom. The molecule has 102 valence electrons. The van der Waals surface area contributed by atoms with Crippen LogP contribution in [-0.4, -0.2) is 32.8 Å². The number of aromatic carboxylic acids is 1. The van der Waals surface area contributed by atoms with Crippen molar-refractivity contribution < 1.29 is 19.5 Å². The molecule has 1 aromatic rings. The second-order valence-electron chi connectivity index (χ2n) is 4.68. The number of hydrogen-bond acceptors (Lipinski definition) is 5. The summed E-state index contributed by atoms with van der Waals surface area (Å²) in [5.41, 5.74) is -0.0629. The number of rotatable bonds is 3. The first-order valence-corrected chi connectivity index (χ1v) is 6.78. The lowest BCUT2D eigenvalue weighted by Crippen LogP contribution is -2.33. The third-order valence-corrected chi connectivity index (χ3v) is 4.50. The van der Waals surface area contributed by atoms with E-state index < -0.39 is 12.0 Å². The highest BCUT2D eigenvalue weighted by Crippen LogP contribution is 2.33. The highest BCUT2D eigenvalue weighted by atomic mass is 32.1. The minimum Gasteiger partial charge on any atom is -0.476 e. The van der Waals surface area contributed by atoms with Gasteiger partial charge in [0.2, 0.25) is 11.8 Å². The van der Waals surface area contributed by atoms with Crippen molar-refractivity contribution in [2.75, 3.05) is 0 Å². The number of amides is 2. The quantitative estimate of drug-likeness (QED) is 0.850. The SMILES string of the molecule is CC1C(=O)N(C(C)c2nc(C(=O)O)cs2)C(=O)C1C. The van der Waals surface area contributed by atoms with Crippen molar-refractivity contribution in [3.8, 4) is 0 Å². The molecule has 7 heteroatoms. The summed E-state index contributed by atoms with van der Waals surface area (Å²) in [5.74, 6) is -2.24. The van der Waals surface area contributed by atoms with Crippen molar-refractivity contribution in [3.05, 3.63) is 16.1 Å². The minimum absolute atomic E-state index is 0.0629. The van der Waals surface area contributed by atoms with Gasteiger partial charge in [0.25, 0.3) is 0 Å². The van der Waals surface area contributed by atoms with Crippen LogP contribution in [0.3, 0.4) is 0 Å². The topological polar surface area (TPSA) is 87.6 Å². The zero-order valence-electron chi connectivity index (χ0n) is 10.8. The number of carbonyl (C=O) groups is 3. The predicted octanol–water partition coefficient (Wildman–Crippen LogP) is 1.54. The zero-order chi connectivity index (χ0) is 14.3. The Morgan fingerprint density at radius 2 is 1.89 bits per heavy atom. The Balaban J connectivity index is 2.28. The molecule has 1 saturated heterocycles. The van der Waals surface area contributed by atoms with Crippen molar-refractivity contribution in [1.29, 1.82) is 0 Å². The molecule has 0 bridgehead atoms. The fourth-order valence-electron chi connectivity index (χ4n) is 2.04. The van der Waals surface area contributed by atoms with E-state index in [-0.39, 0.29) is 29.3 Å². The summed E-state index contributed by atoms with van der Waals surface area (Å²) < 4.78 is 0. The monoisotopic (exact) mass is 282 g/mol. The maximum atomic E-state index is 12.0. The molecule has 2 heterocycles. The minimum atomic E-state index is -1.12. The van der Waals surface area contributed by atoms with Gasteiger partial charge in [-0.3, -0.25) is 14.5 Å². The number of carbonyl (C=O) groups excluding carboxylic acids is 2. The summed E-state index contributed by atoms with van der Waals surface area (Å²) in [5, 5.41) is 10.7. The molecular weight excluding hydrogens is 268 g/mol. The molecule has 19 heavy (non-hydrogen) atoms. The molecule has 2 rings (SSSR count). The van der Waals surface area contributed by atoms with Crippen LogP contribution in [0.5, 0.6) is 0 Å². The van der Waals surface area contributed by atoms with Gasteiger partial charge < -0.3 is 5.11 Å². The van der Waals surface area contributed by atoms with E-state index in [4.69, 9.17) is 5.11 Å². The zero-order valence-corrected chi connectivity index (χ0v) is 11.6. The van der Waals surface area contributed by atoms with Gasteiger partial charge in [0.15, 0.2) is 5.69 Å². The second-order valence-corrected chi connectivity index (χ2v) is 5.57. The number of likely N-dealkylation sites (tertiary alicyclic amines) is 1. The second kappa shape index (κ2) is 4.73. The van der Waals surface area contributed by atoms with Crippen molar-refractivity contribution in [3.63, 3.8) is 0 Å². The normalized spacial score (nSPS) is 24.9. The molecule has 1 fully saturated rings. The maximum absolute atomic E-state index is 12.0. The number of imide groups is 1. The fourth-order valence-corrected chi connectivity index (χ4v) is 2.88. The van der Waals surface area contributed by atoms with Gasteiger partial charge in [0.05, 0.1) is 6.04 Å². The molecule has 3 unspecified atom stereocenters. The number of aromatic nitrogens is 1. The number of hydrogen-bond donors (Lipinski definition) is 1. The highest BCUT2D eigenvalue weighted by molar-refractivity contribution is 7.09. The van der Waals surface area contributed by atoms with Crippen LogP contribution in [-0.2, 0) is 9.59 Å². The molecule has 0 radical (unpaired) electrons. The number of carboxylic acid groups (broad SMARTS) is 1. The summed E-state index contributed by atoms with van der Waals surface area (Å²) >= 11 is 1.14. The van der Waals surface area contributed by atoms with Gasteiger partial charge >= 0.3 is 5.97 Å². The van der Waals surface area contributed by atoms with Crippen LogP contribution in [0.4, 0.5) is 0 Å². The van der Waals surface area contributed by atoms with Gasteiger partial charge in [-0.15, -0.1) is 11.3 Å². The van der Waals surface area contributed by atoms with Crippen molar-refractivity contribution in [2.24, 2.45) is 11.8 Å². The molecule has 1 N–H and O–H groups in total. The molecule has 0 aromatic carbocycles. The van der Waals surface area contributed by atoms with Crippen LogP contribution in [0.15, 0.2) is 5.38 Å². The lowest BCUT2D eigenvalue weighted by Gasteiger charge is -2.20. The van der Waals surface area contributed by atoms with E-state index in [1.165, 1.54) is 10.3 Å². The fraction of sp³-hybridized carbons (Fsp3) is 0.500. The van der Waals surface area contributed by atoms with Gasteiger partial charge in [-0.05, 0) is 6.92 Å². The average Bonchev–Trinajstić information content (AvgIpc) is 2.91. The van der Waals surface area contributed by atoms with E-state index in [1.807, 2.05) is 0 Å². The van der Waals surface area contributed by atoms with Crippen LogP contribution in [0.1, 0.15) is 42.3 Å². The Morgan fingerprint density at radius 1 is 1.37 bits per heavy atom. The van der Waals surface area contributed by atoms with Gasteiger partial charge in [0.1, 0.15) is 5.01 Å². The Kier molecular flexibility index (Phi) is 3.40. The smallest absolute Gasteiger partial charge is 0.355 e. The Labute approximate surface area is 114 Å². The van der Waals surface area contributed by atoms with Gasteiger partial charge in [-0.2, -0.15) is 0 Å². The van der Waals surface area contributed by atoms with Gasteiger partial charge in [-0.25, -0.2) is 9.78 Å². The third-order valence-electron chi connectivity index (χ3n) is 3.49. The summed E-state index contributed by atoms with van der Waals surface area (Å²) in [6, 6.07) is -0.523. The molecule has 0 saturated carbocycles. The lowest BCUT2D eigenvalue weighted by atomic mass is 10.00. The first-order valence-electron chi connectivity index (χ1n) is 5.90. The van der Waals surface area contributed by atoms with Crippen molar-refractivity contribution >= 4 is 29.1 Å². The predicted molar refractivity (Wildman–Crippen MR) is 67.7 cm³/mol. The first kappa shape index (κ1) is 13.7. The largest absolute Gasteiger partial charge is 0.476 e. The molecule has 2 amide bonds. The van der Waals surface area contributed by atoms with Crippen LogP contribution in [0.25, 0.3) is 0 Å². The number of carboxylic acids is 1. The maximum Gasteiger partial charge on any atom is 0.355 e. The van der Waals surface area contributed by atoms with Crippen molar-refractivity contribution in [2.45, 2.75) is 26.8 Å². The highest BCUT2D eigenvalue weighted by Gasteiger charge is 2.45. The third kappa shape index (κ3) is 2.14. The first-order chi connectivity index (χ1) is 8.84. The van der Waals surface area contributed by atoms with Crippen LogP contribution < -0.4 is 0 Å². The van der Waals surface area contributed by atoms with Gasteiger partial charge in [-0.1, -0.05) is 13.8 Å².